The van der Waals surface area contributed by atoms with E-state index in [9.17, 15) is 4.79 Å². The molecule has 16 heavy (non-hydrogen) atoms. The average Bonchev–Trinajstić information content (AvgIpc) is 2.73. The number of carbonyl (C=O) groups excluding carboxylic acids is 1. The lowest BCUT2D eigenvalue weighted by Crippen LogP contribution is -2.31. The first kappa shape index (κ1) is 11.0. The van der Waals surface area contributed by atoms with Crippen LogP contribution in [0.4, 0.5) is 4.79 Å². The van der Waals surface area contributed by atoms with Crippen molar-refractivity contribution in [2.45, 2.75) is 19.1 Å². The van der Waals surface area contributed by atoms with Crippen LogP contribution < -0.4 is 10.6 Å². The fourth-order valence-corrected chi connectivity index (χ4v) is 1.71. The summed E-state index contributed by atoms with van der Waals surface area (Å²) in [6.45, 7) is 3.36. The molecule has 1 aliphatic heterocycles. The Morgan fingerprint density at radius 1 is 1.50 bits per heavy atom. The number of hydrogen-bond acceptors (Lipinski definition) is 3. The Kier molecular flexibility index (Phi) is 3.41. The van der Waals surface area contributed by atoms with Crippen molar-refractivity contribution in [1.29, 1.82) is 0 Å². The molecule has 4 nitrogen and oxygen atoms in total. The monoisotopic (exact) mass is 220 g/mol. The highest BCUT2D eigenvalue weighted by Crippen LogP contribution is 2.11. The number of rotatable bonds is 4. The van der Waals surface area contributed by atoms with Crippen molar-refractivity contribution >= 4 is 6.09 Å². The Morgan fingerprint density at radius 2 is 2.25 bits per heavy atom. The van der Waals surface area contributed by atoms with E-state index in [1.54, 1.807) is 0 Å². The molecule has 1 amide bonds. The van der Waals surface area contributed by atoms with Crippen molar-refractivity contribution in [3.05, 3.63) is 35.9 Å². The van der Waals surface area contributed by atoms with Crippen LogP contribution in [-0.4, -0.2) is 25.3 Å². The van der Waals surface area contributed by atoms with E-state index in [0.29, 0.717) is 13.1 Å². The number of carbonyl (C=O) groups is 1. The molecular formula is C12H16N2O2. The summed E-state index contributed by atoms with van der Waals surface area (Å²) in [4.78, 5) is 10.8. The molecule has 2 rings (SSSR count). The second-order valence-corrected chi connectivity index (χ2v) is 3.95. The number of benzene rings is 1. The predicted molar refractivity (Wildman–Crippen MR) is 61.1 cm³/mol. The van der Waals surface area contributed by atoms with E-state index < -0.39 is 0 Å². The van der Waals surface area contributed by atoms with Crippen molar-refractivity contribution in [1.82, 2.24) is 10.6 Å². The van der Waals surface area contributed by atoms with Gasteiger partial charge < -0.3 is 15.4 Å². The smallest absolute Gasteiger partial charge is 0.407 e. The van der Waals surface area contributed by atoms with Crippen LogP contribution in [0.15, 0.2) is 30.3 Å². The van der Waals surface area contributed by atoms with Crippen LogP contribution in [0.3, 0.4) is 0 Å². The minimum atomic E-state index is -0.320. The zero-order valence-corrected chi connectivity index (χ0v) is 9.27. The molecule has 0 aromatic heterocycles. The number of nitrogens with one attached hydrogen (secondary N) is 2. The zero-order valence-electron chi connectivity index (χ0n) is 9.27. The van der Waals surface area contributed by atoms with Gasteiger partial charge in [0.1, 0.15) is 6.10 Å². The third-order valence-corrected chi connectivity index (χ3v) is 2.70. The van der Waals surface area contributed by atoms with Gasteiger partial charge in [-0.2, -0.15) is 0 Å². The van der Waals surface area contributed by atoms with Crippen molar-refractivity contribution in [2.75, 3.05) is 13.1 Å². The molecule has 0 radical (unpaired) electrons. The van der Waals surface area contributed by atoms with E-state index in [1.165, 1.54) is 5.56 Å². The number of cyclic esters (lactones) is 1. The topological polar surface area (TPSA) is 50.4 Å². The maximum absolute atomic E-state index is 10.8. The number of alkyl carbamates (subject to hydrolysis) is 1. The average molecular weight is 220 g/mol. The van der Waals surface area contributed by atoms with Crippen molar-refractivity contribution in [2.24, 2.45) is 0 Å². The SMILES string of the molecule is C[C@H](NC[C@@H]1CNC(=O)O1)c1ccccc1. The van der Waals surface area contributed by atoms with Crippen LogP contribution in [-0.2, 0) is 4.74 Å². The van der Waals surface area contributed by atoms with Gasteiger partial charge in [0.25, 0.3) is 0 Å². The minimum absolute atomic E-state index is 0.0568. The standard InChI is InChI=1S/C12H16N2O2/c1-9(10-5-3-2-4-6-10)13-7-11-8-14-12(15)16-11/h2-6,9,11,13H,7-8H2,1H3,(H,14,15)/t9-,11+/m0/s1. The lowest BCUT2D eigenvalue weighted by Gasteiger charge is -2.16. The van der Waals surface area contributed by atoms with Gasteiger partial charge in [-0.15, -0.1) is 0 Å². The summed E-state index contributed by atoms with van der Waals surface area (Å²) in [5.41, 5.74) is 1.24. The highest BCUT2D eigenvalue weighted by atomic mass is 16.6. The molecule has 1 aliphatic rings. The maximum Gasteiger partial charge on any atom is 0.407 e. The Morgan fingerprint density at radius 3 is 2.88 bits per heavy atom. The Hall–Kier alpha value is -1.55. The van der Waals surface area contributed by atoms with Gasteiger partial charge in [-0.1, -0.05) is 30.3 Å². The van der Waals surface area contributed by atoms with Crippen LogP contribution in [0.1, 0.15) is 18.5 Å². The number of ether oxygens (including phenoxy) is 1. The molecule has 0 saturated carbocycles. The van der Waals surface area contributed by atoms with Crippen molar-refractivity contribution in [3.8, 4) is 0 Å². The molecule has 86 valence electrons. The first-order valence-electron chi connectivity index (χ1n) is 5.48. The second-order valence-electron chi connectivity index (χ2n) is 3.95. The second kappa shape index (κ2) is 4.99. The fraction of sp³-hybridized carbons (Fsp3) is 0.417. The molecule has 0 unspecified atom stereocenters. The van der Waals surface area contributed by atoms with Gasteiger partial charge in [0.2, 0.25) is 0 Å². The molecule has 2 atom stereocenters. The molecule has 0 spiro atoms. The van der Waals surface area contributed by atoms with Crippen LogP contribution in [0.25, 0.3) is 0 Å². The molecule has 1 saturated heterocycles. The maximum atomic E-state index is 10.8. The van der Waals surface area contributed by atoms with Gasteiger partial charge >= 0.3 is 6.09 Å². The quantitative estimate of drug-likeness (QED) is 0.807. The lowest BCUT2D eigenvalue weighted by atomic mass is 10.1. The van der Waals surface area contributed by atoms with Gasteiger partial charge in [0.15, 0.2) is 0 Å². The number of hydrogen-bond donors (Lipinski definition) is 2. The first-order chi connectivity index (χ1) is 7.75. The van der Waals surface area contributed by atoms with Crippen molar-refractivity contribution < 1.29 is 9.53 Å². The Labute approximate surface area is 95.0 Å². The molecule has 0 bridgehead atoms. The molecular weight excluding hydrogens is 204 g/mol. The van der Waals surface area contributed by atoms with E-state index in [0.717, 1.165) is 0 Å². The summed E-state index contributed by atoms with van der Waals surface area (Å²) >= 11 is 0. The minimum Gasteiger partial charge on any atom is -0.443 e. The van der Waals surface area contributed by atoms with E-state index >= 15 is 0 Å². The van der Waals surface area contributed by atoms with E-state index in [4.69, 9.17) is 4.74 Å². The summed E-state index contributed by atoms with van der Waals surface area (Å²) < 4.78 is 5.04. The van der Waals surface area contributed by atoms with Crippen LogP contribution in [0.2, 0.25) is 0 Å². The summed E-state index contributed by atoms with van der Waals surface area (Å²) in [6.07, 6.45) is -0.377. The summed E-state index contributed by atoms with van der Waals surface area (Å²) in [6, 6.07) is 10.5. The van der Waals surface area contributed by atoms with Gasteiger partial charge in [0.05, 0.1) is 6.54 Å². The highest BCUT2D eigenvalue weighted by molar-refractivity contribution is 5.69. The fourth-order valence-electron chi connectivity index (χ4n) is 1.71. The molecule has 1 heterocycles. The van der Waals surface area contributed by atoms with Crippen LogP contribution in [0.5, 0.6) is 0 Å². The van der Waals surface area contributed by atoms with Gasteiger partial charge in [0, 0.05) is 12.6 Å². The number of amides is 1. The van der Waals surface area contributed by atoms with Gasteiger partial charge in [-0.05, 0) is 12.5 Å². The zero-order chi connectivity index (χ0) is 11.4. The molecule has 2 N–H and O–H groups in total. The molecule has 4 heteroatoms. The van der Waals surface area contributed by atoms with Gasteiger partial charge in [-0.3, -0.25) is 0 Å². The third-order valence-electron chi connectivity index (χ3n) is 2.70. The Balaban J connectivity index is 1.80. The predicted octanol–water partition coefficient (Wildman–Crippen LogP) is 1.45. The molecule has 0 aliphatic carbocycles. The molecule has 1 aromatic rings. The van der Waals surface area contributed by atoms with Crippen LogP contribution in [0, 0.1) is 0 Å². The summed E-state index contributed by atoms with van der Waals surface area (Å²) in [7, 11) is 0. The molecule has 1 aromatic carbocycles. The van der Waals surface area contributed by atoms with Crippen LogP contribution >= 0.6 is 0 Å². The largest absolute Gasteiger partial charge is 0.443 e. The summed E-state index contributed by atoms with van der Waals surface area (Å²) in [5, 5.41) is 5.98. The summed E-state index contributed by atoms with van der Waals surface area (Å²) in [5.74, 6) is 0. The Bertz CT molecular complexity index is 353. The van der Waals surface area contributed by atoms with Crippen molar-refractivity contribution in [3.63, 3.8) is 0 Å². The molecule has 1 fully saturated rings. The van der Waals surface area contributed by atoms with E-state index in [2.05, 4.69) is 29.7 Å². The third kappa shape index (κ3) is 2.73. The lowest BCUT2D eigenvalue weighted by molar-refractivity contribution is 0.138. The normalized spacial score (nSPS) is 21.3. The first-order valence-corrected chi connectivity index (χ1v) is 5.48. The van der Waals surface area contributed by atoms with E-state index in [-0.39, 0.29) is 18.2 Å². The highest BCUT2D eigenvalue weighted by Gasteiger charge is 2.22. The van der Waals surface area contributed by atoms with E-state index in [1.807, 2.05) is 18.2 Å². The van der Waals surface area contributed by atoms with Gasteiger partial charge in [-0.25, -0.2) is 4.79 Å².